The van der Waals surface area contributed by atoms with Gasteiger partial charge in [-0.05, 0) is 56.4 Å². The van der Waals surface area contributed by atoms with E-state index in [-0.39, 0.29) is 28.5 Å². The minimum atomic E-state index is -3.79. The van der Waals surface area contributed by atoms with E-state index >= 15 is 0 Å². The summed E-state index contributed by atoms with van der Waals surface area (Å²) >= 11 is 0. The number of hydrogen-bond acceptors (Lipinski definition) is 6. The maximum absolute atomic E-state index is 13.4. The van der Waals surface area contributed by atoms with Crippen LogP contribution in [0.4, 0.5) is 0 Å². The van der Waals surface area contributed by atoms with Gasteiger partial charge >= 0.3 is 0 Å². The summed E-state index contributed by atoms with van der Waals surface area (Å²) in [5.41, 5.74) is 1.20. The maximum atomic E-state index is 13.4. The molecule has 8 nitrogen and oxygen atoms in total. The highest BCUT2D eigenvalue weighted by Gasteiger charge is 2.36. The molecule has 2 aliphatic rings. The average Bonchev–Trinajstić information content (AvgIpc) is 3.47. The number of hydrogen-bond donors (Lipinski definition) is 1. The number of aromatic nitrogens is 1. The first-order chi connectivity index (χ1) is 15.9. The molecule has 0 atom stereocenters. The van der Waals surface area contributed by atoms with Crippen LogP contribution < -0.4 is 10.1 Å². The number of rotatable bonds is 7. The van der Waals surface area contributed by atoms with Gasteiger partial charge in [0.1, 0.15) is 11.4 Å². The molecule has 0 radical (unpaired) electrons. The third kappa shape index (κ3) is 5.30. The molecule has 2 heterocycles. The summed E-state index contributed by atoms with van der Waals surface area (Å²) in [6, 6.07) is 7.67. The first-order valence-corrected chi connectivity index (χ1v) is 12.9. The Morgan fingerprint density at radius 3 is 2.42 bits per heavy atom. The summed E-state index contributed by atoms with van der Waals surface area (Å²) in [6.45, 7) is 2.23. The Morgan fingerprint density at radius 1 is 1.12 bits per heavy atom. The lowest BCUT2D eigenvalue weighted by molar-refractivity contribution is -0.126. The van der Waals surface area contributed by atoms with E-state index in [1.165, 1.54) is 4.31 Å². The molecule has 178 valence electrons. The number of carbonyl (C=O) groups excluding carboxylic acids is 1. The number of nitrogens with zero attached hydrogens (tertiary/aromatic N) is 2. The van der Waals surface area contributed by atoms with Crippen LogP contribution in [0.25, 0.3) is 12.2 Å². The Labute approximate surface area is 195 Å². The molecule has 33 heavy (non-hydrogen) atoms. The monoisotopic (exact) mass is 473 g/mol. The topological polar surface area (TPSA) is 102 Å². The van der Waals surface area contributed by atoms with Crippen molar-refractivity contribution in [2.45, 2.75) is 56.4 Å². The zero-order valence-corrected chi connectivity index (χ0v) is 19.9. The number of amides is 1. The van der Waals surface area contributed by atoms with Crippen LogP contribution in [0.5, 0.6) is 5.75 Å². The van der Waals surface area contributed by atoms with Crippen molar-refractivity contribution >= 4 is 28.1 Å². The first kappa shape index (κ1) is 23.5. The third-order valence-corrected chi connectivity index (χ3v) is 8.56. The highest BCUT2D eigenvalue weighted by Crippen LogP contribution is 2.30. The van der Waals surface area contributed by atoms with Crippen molar-refractivity contribution in [2.75, 3.05) is 20.2 Å². The highest BCUT2D eigenvalue weighted by atomic mass is 32.2. The fraction of sp³-hybridized carbons (Fsp3) is 0.500. The van der Waals surface area contributed by atoms with Crippen molar-refractivity contribution in [1.29, 1.82) is 0 Å². The van der Waals surface area contributed by atoms with E-state index in [2.05, 4.69) is 10.5 Å². The van der Waals surface area contributed by atoms with Crippen molar-refractivity contribution in [3.63, 3.8) is 0 Å². The lowest BCUT2D eigenvalue weighted by Crippen LogP contribution is -2.45. The van der Waals surface area contributed by atoms with Crippen molar-refractivity contribution in [3.05, 3.63) is 41.3 Å². The minimum absolute atomic E-state index is 0.0585. The normalized spacial score (nSPS) is 18.7. The number of methoxy groups -OCH3 is 1. The molecule has 9 heteroatoms. The Morgan fingerprint density at radius 2 is 1.79 bits per heavy atom. The Hall–Kier alpha value is -2.65. The van der Waals surface area contributed by atoms with Crippen molar-refractivity contribution in [3.8, 4) is 5.75 Å². The van der Waals surface area contributed by atoms with Gasteiger partial charge in [-0.15, -0.1) is 0 Å². The maximum Gasteiger partial charge on any atom is 0.248 e. The van der Waals surface area contributed by atoms with Gasteiger partial charge in [-0.25, -0.2) is 8.42 Å². The van der Waals surface area contributed by atoms with E-state index in [1.807, 2.05) is 24.3 Å². The van der Waals surface area contributed by atoms with E-state index in [1.54, 1.807) is 26.2 Å². The van der Waals surface area contributed by atoms with Gasteiger partial charge in [0.2, 0.25) is 15.9 Å². The number of sulfonamides is 1. The molecule has 1 N–H and O–H groups in total. The molecular weight excluding hydrogens is 442 g/mol. The smallest absolute Gasteiger partial charge is 0.248 e. The molecule has 0 spiro atoms. The molecule has 1 amide bonds. The second-order valence-electron chi connectivity index (χ2n) is 8.74. The predicted octanol–water partition coefficient (Wildman–Crippen LogP) is 3.62. The van der Waals surface area contributed by atoms with Crippen molar-refractivity contribution in [2.24, 2.45) is 5.92 Å². The van der Waals surface area contributed by atoms with Crippen LogP contribution in [0, 0.1) is 12.8 Å². The van der Waals surface area contributed by atoms with Gasteiger partial charge in [0, 0.05) is 25.0 Å². The number of carbonyl (C=O) groups is 1. The molecule has 1 aromatic carbocycles. The second kappa shape index (κ2) is 10.1. The summed E-state index contributed by atoms with van der Waals surface area (Å²) in [4.78, 5) is 12.7. The molecule has 4 rings (SSSR count). The fourth-order valence-electron chi connectivity index (χ4n) is 4.56. The van der Waals surface area contributed by atoms with Crippen LogP contribution in [-0.4, -0.2) is 50.0 Å². The summed E-state index contributed by atoms with van der Waals surface area (Å²) in [5, 5.41) is 7.04. The third-order valence-electron chi connectivity index (χ3n) is 6.50. The molecule has 2 fully saturated rings. The van der Waals surface area contributed by atoms with Crippen LogP contribution in [-0.2, 0) is 14.8 Å². The van der Waals surface area contributed by atoms with Gasteiger partial charge in [-0.2, -0.15) is 4.31 Å². The number of benzene rings is 1. The van der Waals surface area contributed by atoms with E-state index in [0.717, 1.165) is 37.0 Å². The van der Waals surface area contributed by atoms with Gasteiger partial charge in [0.05, 0.1) is 7.11 Å². The van der Waals surface area contributed by atoms with E-state index in [9.17, 15) is 13.2 Å². The molecule has 0 unspecified atom stereocenters. The van der Waals surface area contributed by atoms with Gasteiger partial charge in [-0.3, -0.25) is 4.79 Å². The summed E-state index contributed by atoms with van der Waals surface area (Å²) in [7, 11) is -2.19. The van der Waals surface area contributed by atoms with Gasteiger partial charge in [-0.1, -0.05) is 36.2 Å². The summed E-state index contributed by atoms with van der Waals surface area (Å²) in [6.07, 6.45) is 8.83. The zero-order valence-electron chi connectivity index (χ0n) is 19.1. The highest BCUT2D eigenvalue weighted by molar-refractivity contribution is 7.89. The number of piperidine rings is 1. The van der Waals surface area contributed by atoms with Crippen LogP contribution in [0.15, 0.2) is 33.7 Å². The number of aryl methyl sites for hydroxylation is 1. The molecule has 1 aliphatic heterocycles. The first-order valence-electron chi connectivity index (χ1n) is 11.5. The summed E-state index contributed by atoms with van der Waals surface area (Å²) < 4.78 is 38.8. The standard InChI is InChI=1S/C24H31N3O5S/c1-17-23(22(32-26-17)12-9-18-7-10-21(31-2)11-8-18)33(29,30)27-15-13-19(14-16-27)24(28)25-20-5-3-4-6-20/h7-12,19-20H,3-6,13-16H2,1-2H3,(H,25,28). The van der Waals surface area contributed by atoms with Crippen LogP contribution in [0.1, 0.15) is 55.5 Å². The Kier molecular flexibility index (Phi) is 7.19. The zero-order chi connectivity index (χ0) is 23.4. The van der Waals surface area contributed by atoms with E-state index in [4.69, 9.17) is 9.26 Å². The molecule has 1 aliphatic carbocycles. The number of ether oxygens (including phenoxy) is 1. The fourth-order valence-corrected chi connectivity index (χ4v) is 6.28. The SMILES string of the molecule is COc1ccc(C=Cc2onc(C)c2S(=O)(=O)N2CCC(C(=O)NC3CCCC3)CC2)cc1. The average molecular weight is 474 g/mol. The Balaban J connectivity index is 1.43. The Bertz CT molecular complexity index is 1090. The summed E-state index contributed by atoms with van der Waals surface area (Å²) in [5.74, 6) is 0.856. The molecule has 1 saturated heterocycles. The minimum Gasteiger partial charge on any atom is -0.497 e. The van der Waals surface area contributed by atoms with Crippen molar-refractivity contribution in [1.82, 2.24) is 14.8 Å². The van der Waals surface area contributed by atoms with E-state index < -0.39 is 10.0 Å². The number of nitrogens with one attached hydrogen (secondary N) is 1. The molecule has 0 bridgehead atoms. The molecular formula is C24H31N3O5S. The predicted molar refractivity (Wildman–Crippen MR) is 125 cm³/mol. The van der Waals surface area contributed by atoms with Gasteiger partial charge in [0.25, 0.3) is 0 Å². The van der Waals surface area contributed by atoms with Crippen LogP contribution >= 0.6 is 0 Å². The van der Waals surface area contributed by atoms with E-state index in [0.29, 0.717) is 31.6 Å². The van der Waals surface area contributed by atoms with Gasteiger partial charge < -0.3 is 14.6 Å². The quantitative estimate of drug-likeness (QED) is 0.659. The second-order valence-corrected chi connectivity index (χ2v) is 10.6. The van der Waals surface area contributed by atoms with Crippen LogP contribution in [0.3, 0.4) is 0 Å². The molecule has 2 aromatic rings. The largest absolute Gasteiger partial charge is 0.497 e. The molecule has 1 aromatic heterocycles. The lowest BCUT2D eigenvalue weighted by atomic mass is 9.97. The van der Waals surface area contributed by atoms with Crippen molar-refractivity contribution < 1.29 is 22.5 Å². The van der Waals surface area contributed by atoms with Gasteiger partial charge in [0.15, 0.2) is 10.7 Å². The lowest BCUT2D eigenvalue weighted by Gasteiger charge is -2.31. The van der Waals surface area contributed by atoms with Crippen LogP contribution in [0.2, 0.25) is 0 Å². The molecule has 1 saturated carbocycles.